The van der Waals surface area contributed by atoms with Gasteiger partial charge in [0, 0.05) is 24.2 Å². The summed E-state index contributed by atoms with van der Waals surface area (Å²) in [7, 11) is 1.92. The summed E-state index contributed by atoms with van der Waals surface area (Å²) in [6.45, 7) is 8.62. The van der Waals surface area contributed by atoms with E-state index >= 15 is 0 Å². The summed E-state index contributed by atoms with van der Waals surface area (Å²) in [6, 6.07) is 0. The van der Waals surface area contributed by atoms with Crippen molar-refractivity contribution in [1.29, 1.82) is 0 Å². The maximum atomic E-state index is 4.69. The molecule has 0 fully saturated rings. The molecule has 0 saturated carbocycles. The molecular formula is C13H23N3. The number of anilines is 1. The third-order valence-corrected chi connectivity index (χ3v) is 3.19. The summed E-state index contributed by atoms with van der Waals surface area (Å²) in [5, 5.41) is 3.16. The Morgan fingerprint density at radius 2 is 1.75 bits per heavy atom. The molecule has 0 amide bonds. The van der Waals surface area contributed by atoms with E-state index in [2.05, 4.69) is 38.0 Å². The predicted molar refractivity (Wildman–Crippen MR) is 69.0 cm³/mol. The third-order valence-electron chi connectivity index (χ3n) is 3.19. The molecule has 0 aromatic carbocycles. The first-order chi connectivity index (χ1) is 7.67. The molecule has 0 aliphatic rings. The fourth-order valence-electron chi connectivity index (χ4n) is 2.01. The van der Waals surface area contributed by atoms with E-state index in [1.54, 1.807) is 0 Å². The molecule has 1 rings (SSSR count). The number of aromatic nitrogens is 2. The van der Waals surface area contributed by atoms with Crippen LogP contribution in [0.25, 0.3) is 0 Å². The maximum absolute atomic E-state index is 4.69. The van der Waals surface area contributed by atoms with E-state index in [-0.39, 0.29) is 0 Å². The van der Waals surface area contributed by atoms with Gasteiger partial charge in [-0.15, -0.1) is 0 Å². The molecule has 0 unspecified atom stereocenters. The molecule has 16 heavy (non-hydrogen) atoms. The summed E-state index contributed by atoms with van der Waals surface area (Å²) >= 11 is 0. The van der Waals surface area contributed by atoms with E-state index in [1.807, 2.05) is 7.05 Å². The average molecular weight is 221 g/mol. The first kappa shape index (κ1) is 12.9. The Labute approximate surface area is 98.7 Å². The first-order valence-corrected chi connectivity index (χ1v) is 6.22. The second kappa shape index (κ2) is 5.83. The highest BCUT2D eigenvalue weighted by molar-refractivity contribution is 5.45. The van der Waals surface area contributed by atoms with Crippen LogP contribution >= 0.6 is 0 Å². The van der Waals surface area contributed by atoms with Crippen molar-refractivity contribution in [1.82, 2.24) is 9.97 Å². The van der Waals surface area contributed by atoms with Gasteiger partial charge in [-0.25, -0.2) is 9.97 Å². The van der Waals surface area contributed by atoms with Crippen LogP contribution in [-0.2, 0) is 6.42 Å². The number of nitrogens with one attached hydrogen (secondary N) is 1. The highest BCUT2D eigenvalue weighted by Gasteiger charge is 2.14. The summed E-state index contributed by atoms with van der Waals surface area (Å²) in [5.41, 5.74) is 2.35. The maximum Gasteiger partial charge on any atom is 0.134 e. The van der Waals surface area contributed by atoms with Gasteiger partial charge in [-0.2, -0.15) is 0 Å². The SMILES string of the molecule is CCc1nc(C(CC)CC)nc(NC)c1C. The lowest BCUT2D eigenvalue weighted by Crippen LogP contribution is -2.10. The molecule has 1 heterocycles. The first-order valence-electron chi connectivity index (χ1n) is 6.22. The average Bonchev–Trinajstić information content (AvgIpc) is 2.32. The topological polar surface area (TPSA) is 37.8 Å². The number of hydrogen-bond acceptors (Lipinski definition) is 3. The standard InChI is InChI=1S/C13H23N3/c1-6-10(7-2)13-15-11(8-3)9(4)12(14-5)16-13/h10H,6-8H2,1-5H3,(H,14,15,16). The third kappa shape index (κ3) is 2.52. The van der Waals surface area contributed by atoms with Gasteiger partial charge in [0.2, 0.25) is 0 Å². The number of nitrogens with zero attached hydrogens (tertiary/aromatic N) is 2. The summed E-state index contributed by atoms with van der Waals surface area (Å²) < 4.78 is 0. The van der Waals surface area contributed by atoms with Crippen molar-refractivity contribution in [2.45, 2.75) is 52.9 Å². The lowest BCUT2D eigenvalue weighted by Gasteiger charge is -2.16. The van der Waals surface area contributed by atoms with Crippen molar-refractivity contribution in [3.8, 4) is 0 Å². The molecule has 0 radical (unpaired) electrons. The van der Waals surface area contributed by atoms with Gasteiger partial charge >= 0.3 is 0 Å². The second-order valence-electron chi connectivity index (χ2n) is 4.12. The molecule has 0 saturated heterocycles. The zero-order valence-corrected chi connectivity index (χ0v) is 11.1. The van der Waals surface area contributed by atoms with E-state index in [0.29, 0.717) is 5.92 Å². The largest absolute Gasteiger partial charge is 0.373 e. The molecule has 1 N–H and O–H groups in total. The van der Waals surface area contributed by atoms with Crippen molar-refractivity contribution < 1.29 is 0 Å². The Bertz CT molecular complexity index is 318. The van der Waals surface area contributed by atoms with Crippen molar-refractivity contribution in [2.75, 3.05) is 12.4 Å². The Morgan fingerprint density at radius 3 is 2.19 bits per heavy atom. The monoisotopic (exact) mass is 221 g/mol. The van der Waals surface area contributed by atoms with Crippen LogP contribution in [0.1, 0.15) is 56.6 Å². The zero-order valence-electron chi connectivity index (χ0n) is 11.1. The van der Waals surface area contributed by atoms with Crippen molar-refractivity contribution >= 4 is 5.82 Å². The zero-order chi connectivity index (χ0) is 12.1. The van der Waals surface area contributed by atoms with Gasteiger partial charge in [0.25, 0.3) is 0 Å². The van der Waals surface area contributed by atoms with Gasteiger partial charge in [-0.05, 0) is 26.2 Å². The highest BCUT2D eigenvalue weighted by atomic mass is 15.0. The molecule has 0 spiro atoms. The lowest BCUT2D eigenvalue weighted by molar-refractivity contribution is 0.597. The van der Waals surface area contributed by atoms with Crippen LogP contribution in [0.5, 0.6) is 0 Å². The van der Waals surface area contributed by atoms with E-state index in [4.69, 9.17) is 4.98 Å². The number of hydrogen-bond donors (Lipinski definition) is 1. The molecule has 1 aromatic rings. The minimum Gasteiger partial charge on any atom is -0.373 e. The van der Waals surface area contributed by atoms with Gasteiger partial charge in [-0.1, -0.05) is 20.8 Å². The summed E-state index contributed by atoms with van der Waals surface area (Å²) in [6.07, 6.45) is 3.17. The molecule has 90 valence electrons. The molecule has 3 heteroatoms. The molecular weight excluding hydrogens is 198 g/mol. The van der Waals surface area contributed by atoms with Crippen LogP contribution in [-0.4, -0.2) is 17.0 Å². The molecule has 0 aliphatic carbocycles. The van der Waals surface area contributed by atoms with Crippen LogP contribution < -0.4 is 5.32 Å². The van der Waals surface area contributed by atoms with Gasteiger partial charge in [0.05, 0.1) is 0 Å². The number of aryl methyl sites for hydroxylation is 1. The van der Waals surface area contributed by atoms with Gasteiger partial charge in [-0.3, -0.25) is 0 Å². The van der Waals surface area contributed by atoms with Crippen molar-refractivity contribution in [3.63, 3.8) is 0 Å². The van der Waals surface area contributed by atoms with Crippen LogP contribution in [0.3, 0.4) is 0 Å². The highest BCUT2D eigenvalue weighted by Crippen LogP contribution is 2.24. The smallest absolute Gasteiger partial charge is 0.134 e. The number of rotatable bonds is 5. The van der Waals surface area contributed by atoms with Gasteiger partial charge in [0.1, 0.15) is 11.6 Å². The van der Waals surface area contributed by atoms with Gasteiger partial charge in [0.15, 0.2) is 0 Å². The van der Waals surface area contributed by atoms with E-state index in [9.17, 15) is 0 Å². The quantitative estimate of drug-likeness (QED) is 0.829. The Kier molecular flexibility index (Phi) is 4.71. The van der Waals surface area contributed by atoms with E-state index in [0.717, 1.165) is 30.9 Å². The molecule has 0 aliphatic heterocycles. The Morgan fingerprint density at radius 1 is 1.12 bits per heavy atom. The van der Waals surface area contributed by atoms with Crippen LogP contribution in [0.4, 0.5) is 5.82 Å². The van der Waals surface area contributed by atoms with Crippen LogP contribution in [0.15, 0.2) is 0 Å². The van der Waals surface area contributed by atoms with E-state index < -0.39 is 0 Å². The van der Waals surface area contributed by atoms with Crippen molar-refractivity contribution in [2.24, 2.45) is 0 Å². The second-order valence-corrected chi connectivity index (χ2v) is 4.12. The van der Waals surface area contributed by atoms with Gasteiger partial charge < -0.3 is 5.32 Å². The summed E-state index contributed by atoms with van der Waals surface area (Å²) in [4.78, 5) is 9.31. The Balaban J connectivity index is 3.20. The van der Waals surface area contributed by atoms with E-state index in [1.165, 1.54) is 11.3 Å². The molecule has 0 atom stereocenters. The Hall–Kier alpha value is -1.12. The predicted octanol–water partition coefficient (Wildman–Crippen LogP) is 3.29. The molecule has 0 bridgehead atoms. The normalized spacial score (nSPS) is 10.9. The lowest BCUT2D eigenvalue weighted by atomic mass is 10.0. The fraction of sp³-hybridized carbons (Fsp3) is 0.692. The fourth-order valence-corrected chi connectivity index (χ4v) is 2.01. The summed E-state index contributed by atoms with van der Waals surface area (Å²) in [5.74, 6) is 2.46. The van der Waals surface area contributed by atoms with Crippen LogP contribution in [0, 0.1) is 6.92 Å². The molecule has 3 nitrogen and oxygen atoms in total. The minimum atomic E-state index is 0.484. The van der Waals surface area contributed by atoms with Crippen LogP contribution in [0.2, 0.25) is 0 Å². The molecule has 1 aromatic heterocycles. The van der Waals surface area contributed by atoms with Crippen molar-refractivity contribution in [3.05, 3.63) is 17.1 Å². The minimum absolute atomic E-state index is 0.484.